The first-order chi connectivity index (χ1) is 12.2. The minimum Gasteiger partial charge on any atom is -0.469 e. The highest BCUT2D eigenvalue weighted by atomic mass is 32.2. The summed E-state index contributed by atoms with van der Waals surface area (Å²) < 4.78 is 32.9. The summed E-state index contributed by atoms with van der Waals surface area (Å²) in [5, 5.41) is 5.09. The molecule has 0 spiro atoms. The lowest BCUT2D eigenvalue weighted by Crippen LogP contribution is -2.42. The summed E-state index contributed by atoms with van der Waals surface area (Å²) in [6, 6.07) is 5.98. The van der Waals surface area contributed by atoms with Gasteiger partial charge in [-0.1, -0.05) is 19.1 Å². The SMILES string of the molecule is COC(=O)C(C)CN(Cc1ccc(S(N)(=O)=O)cc1)C(=O)C1CCCO1. The molecule has 2 rings (SSSR count). The Morgan fingerprint density at radius 1 is 1.35 bits per heavy atom. The normalized spacial score (nSPS) is 18.3. The fraction of sp³-hybridized carbons (Fsp3) is 0.529. The first kappa shape index (κ1) is 20.3. The van der Waals surface area contributed by atoms with Gasteiger partial charge < -0.3 is 14.4 Å². The minimum atomic E-state index is -3.77. The van der Waals surface area contributed by atoms with Gasteiger partial charge >= 0.3 is 5.97 Å². The Balaban J connectivity index is 2.17. The number of ether oxygens (including phenoxy) is 2. The standard InChI is InChI=1S/C17H24N2O6S/c1-12(17(21)24-2)10-19(16(20)15-4-3-9-25-15)11-13-5-7-14(8-6-13)26(18,22)23/h5-8,12,15H,3-4,9-11H2,1-2H3,(H2,18,22,23). The number of rotatable bonds is 7. The van der Waals surface area contributed by atoms with Gasteiger partial charge in [0.2, 0.25) is 10.0 Å². The Bertz CT molecular complexity index is 741. The van der Waals surface area contributed by atoms with E-state index in [9.17, 15) is 18.0 Å². The molecule has 0 radical (unpaired) electrons. The molecule has 8 nitrogen and oxygen atoms in total. The van der Waals surface area contributed by atoms with Crippen molar-refractivity contribution in [1.29, 1.82) is 0 Å². The number of hydrogen-bond donors (Lipinski definition) is 1. The van der Waals surface area contributed by atoms with Crippen molar-refractivity contribution in [1.82, 2.24) is 4.90 Å². The van der Waals surface area contributed by atoms with Gasteiger partial charge in [0, 0.05) is 19.7 Å². The van der Waals surface area contributed by atoms with Gasteiger partial charge in [-0.05, 0) is 30.5 Å². The van der Waals surface area contributed by atoms with Crippen LogP contribution >= 0.6 is 0 Å². The molecule has 1 saturated heterocycles. The highest BCUT2D eigenvalue weighted by Gasteiger charge is 2.30. The van der Waals surface area contributed by atoms with Crippen LogP contribution in [0.1, 0.15) is 25.3 Å². The Kier molecular flexibility index (Phi) is 6.74. The molecule has 2 N–H and O–H groups in total. The lowest BCUT2D eigenvalue weighted by Gasteiger charge is -2.27. The summed E-state index contributed by atoms with van der Waals surface area (Å²) in [5.41, 5.74) is 0.723. The molecular weight excluding hydrogens is 360 g/mol. The maximum absolute atomic E-state index is 12.8. The minimum absolute atomic E-state index is 0.00109. The zero-order valence-electron chi connectivity index (χ0n) is 14.9. The van der Waals surface area contributed by atoms with Crippen molar-refractivity contribution in [3.05, 3.63) is 29.8 Å². The third-order valence-corrected chi connectivity index (χ3v) is 5.17. The third-order valence-electron chi connectivity index (χ3n) is 4.24. The predicted molar refractivity (Wildman–Crippen MR) is 93.4 cm³/mol. The second kappa shape index (κ2) is 8.61. The van der Waals surface area contributed by atoms with Crippen molar-refractivity contribution >= 4 is 21.9 Å². The summed E-state index contributed by atoms with van der Waals surface area (Å²) in [4.78, 5) is 26.0. The Hall–Kier alpha value is -1.97. The van der Waals surface area contributed by atoms with Gasteiger partial charge in [-0.2, -0.15) is 0 Å². The first-order valence-corrected chi connectivity index (χ1v) is 9.87. The van der Waals surface area contributed by atoms with Crippen molar-refractivity contribution in [2.45, 2.75) is 37.3 Å². The maximum atomic E-state index is 12.8. The topological polar surface area (TPSA) is 116 Å². The van der Waals surface area contributed by atoms with Gasteiger partial charge in [0.05, 0.1) is 17.9 Å². The van der Waals surface area contributed by atoms with Crippen LogP contribution < -0.4 is 5.14 Å². The number of sulfonamides is 1. The van der Waals surface area contributed by atoms with E-state index in [1.807, 2.05) is 0 Å². The lowest BCUT2D eigenvalue weighted by molar-refractivity contribution is -0.148. The molecule has 2 unspecified atom stereocenters. The number of nitrogens with zero attached hydrogens (tertiary/aromatic N) is 1. The van der Waals surface area contributed by atoms with Crippen molar-refractivity contribution in [3.8, 4) is 0 Å². The van der Waals surface area contributed by atoms with Gasteiger partial charge in [-0.15, -0.1) is 0 Å². The van der Waals surface area contributed by atoms with Crippen LogP contribution in [-0.4, -0.2) is 51.6 Å². The second-order valence-corrected chi connectivity index (χ2v) is 7.90. The quantitative estimate of drug-likeness (QED) is 0.690. The summed E-state index contributed by atoms with van der Waals surface area (Å²) in [5.74, 6) is -1.08. The van der Waals surface area contributed by atoms with Crippen LogP contribution in [0, 0.1) is 5.92 Å². The van der Waals surface area contributed by atoms with E-state index in [1.165, 1.54) is 19.2 Å². The zero-order valence-corrected chi connectivity index (χ0v) is 15.7. The van der Waals surface area contributed by atoms with Crippen LogP contribution in [0.4, 0.5) is 0 Å². The van der Waals surface area contributed by atoms with E-state index in [1.54, 1.807) is 24.0 Å². The highest BCUT2D eigenvalue weighted by Crippen LogP contribution is 2.19. The Labute approximate surface area is 153 Å². The maximum Gasteiger partial charge on any atom is 0.310 e. The third kappa shape index (κ3) is 5.26. The smallest absolute Gasteiger partial charge is 0.310 e. The Morgan fingerprint density at radius 3 is 2.50 bits per heavy atom. The number of nitrogens with two attached hydrogens (primary N) is 1. The highest BCUT2D eigenvalue weighted by molar-refractivity contribution is 7.89. The molecule has 9 heteroatoms. The van der Waals surface area contributed by atoms with Crippen LogP contribution in [0.15, 0.2) is 29.2 Å². The van der Waals surface area contributed by atoms with Crippen molar-refractivity contribution in [2.75, 3.05) is 20.3 Å². The molecule has 1 aromatic rings. The average Bonchev–Trinajstić information content (AvgIpc) is 3.14. The molecule has 26 heavy (non-hydrogen) atoms. The Morgan fingerprint density at radius 2 is 2.00 bits per heavy atom. The molecule has 1 heterocycles. The summed E-state index contributed by atoms with van der Waals surface area (Å²) in [6.07, 6.45) is 0.954. The van der Waals surface area contributed by atoms with E-state index in [0.717, 1.165) is 12.0 Å². The van der Waals surface area contributed by atoms with Gasteiger partial charge in [-0.25, -0.2) is 13.6 Å². The number of esters is 1. The van der Waals surface area contributed by atoms with E-state index in [2.05, 4.69) is 0 Å². The van der Waals surface area contributed by atoms with Crippen LogP contribution in [0.5, 0.6) is 0 Å². The molecule has 0 aliphatic carbocycles. The molecule has 1 amide bonds. The summed E-state index contributed by atoms with van der Waals surface area (Å²) >= 11 is 0. The molecule has 1 fully saturated rings. The number of benzene rings is 1. The molecule has 0 saturated carbocycles. The van der Waals surface area contributed by atoms with Crippen LogP contribution in [0.2, 0.25) is 0 Å². The first-order valence-electron chi connectivity index (χ1n) is 8.32. The predicted octanol–water partition coefficient (Wildman–Crippen LogP) is 0.651. The number of carbonyl (C=O) groups excluding carboxylic acids is 2. The van der Waals surface area contributed by atoms with E-state index < -0.39 is 28.0 Å². The van der Waals surface area contributed by atoms with E-state index >= 15 is 0 Å². The van der Waals surface area contributed by atoms with E-state index in [-0.39, 0.29) is 23.9 Å². The lowest BCUT2D eigenvalue weighted by atomic mass is 10.1. The van der Waals surface area contributed by atoms with E-state index in [4.69, 9.17) is 14.6 Å². The molecule has 2 atom stereocenters. The molecule has 144 valence electrons. The van der Waals surface area contributed by atoms with Crippen molar-refractivity contribution in [2.24, 2.45) is 11.1 Å². The average molecular weight is 384 g/mol. The molecule has 1 aliphatic rings. The van der Waals surface area contributed by atoms with Crippen molar-refractivity contribution in [3.63, 3.8) is 0 Å². The summed E-state index contributed by atoms with van der Waals surface area (Å²) in [6.45, 7) is 2.64. The van der Waals surface area contributed by atoms with Crippen molar-refractivity contribution < 1.29 is 27.5 Å². The van der Waals surface area contributed by atoms with Crippen LogP contribution in [-0.2, 0) is 35.6 Å². The number of hydrogen-bond acceptors (Lipinski definition) is 6. The van der Waals surface area contributed by atoms with Gasteiger partial charge in [0.25, 0.3) is 5.91 Å². The summed E-state index contributed by atoms with van der Waals surface area (Å²) in [7, 11) is -2.47. The van der Waals surface area contributed by atoms with Gasteiger partial charge in [-0.3, -0.25) is 9.59 Å². The van der Waals surface area contributed by atoms with E-state index in [0.29, 0.717) is 13.0 Å². The van der Waals surface area contributed by atoms with Gasteiger partial charge in [0.1, 0.15) is 6.10 Å². The van der Waals surface area contributed by atoms with Crippen LogP contribution in [0.25, 0.3) is 0 Å². The molecule has 1 aromatic carbocycles. The molecule has 1 aliphatic heterocycles. The number of carbonyl (C=O) groups is 2. The second-order valence-electron chi connectivity index (χ2n) is 6.33. The molecule has 0 bridgehead atoms. The monoisotopic (exact) mass is 384 g/mol. The number of primary sulfonamides is 1. The fourth-order valence-corrected chi connectivity index (χ4v) is 3.34. The number of methoxy groups -OCH3 is 1. The fourth-order valence-electron chi connectivity index (χ4n) is 2.82. The number of amides is 1. The zero-order chi connectivity index (χ0) is 19.3. The largest absolute Gasteiger partial charge is 0.469 e. The molecule has 0 aromatic heterocycles. The molecular formula is C17H24N2O6S. The van der Waals surface area contributed by atoms with Crippen LogP contribution in [0.3, 0.4) is 0 Å². The van der Waals surface area contributed by atoms with Gasteiger partial charge in [0.15, 0.2) is 0 Å².